The SMILES string of the molecule is [B]c1cnn2c(NCc3cccnc3)cc(C3CCCN(C(=O)/C=C/C(C)=C/C=C\C)C3)nc12. The third kappa shape index (κ3) is 5.62. The number of pyridine rings is 1. The Bertz CT molecular complexity index is 1230. The van der Waals surface area contributed by atoms with Crippen molar-refractivity contribution >= 4 is 30.7 Å². The summed E-state index contributed by atoms with van der Waals surface area (Å²) in [5, 5.41) is 7.83. The lowest BCUT2D eigenvalue weighted by Gasteiger charge is -2.32. The predicted molar refractivity (Wildman–Crippen MR) is 136 cm³/mol. The molecule has 1 saturated heterocycles. The van der Waals surface area contributed by atoms with Gasteiger partial charge in [-0.25, -0.2) is 4.98 Å². The Kier molecular flexibility index (Phi) is 7.57. The fraction of sp³-hybridized carbons (Fsp3) is 0.308. The van der Waals surface area contributed by atoms with Crippen molar-refractivity contribution < 1.29 is 4.79 Å². The van der Waals surface area contributed by atoms with Crippen LogP contribution in [0.25, 0.3) is 5.65 Å². The van der Waals surface area contributed by atoms with Gasteiger partial charge >= 0.3 is 0 Å². The Labute approximate surface area is 201 Å². The number of rotatable bonds is 7. The molecule has 0 saturated carbocycles. The highest BCUT2D eigenvalue weighted by Crippen LogP contribution is 2.28. The van der Waals surface area contributed by atoms with E-state index in [9.17, 15) is 4.79 Å². The number of hydrogen-bond acceptors (Lipinski definition) is 5. The van der Waals surface area contributed by atoms with E-state index in [2.05, 4.69) is 15.4 Å². The quantitative estimate of drug-likeness (QED) is 0.338. The van der Waals surface area contributed by atoms with Crippen molar-refractivity contribution in [1.82, 2.24) is 24.5 Å². The number of piperidine rings is 1. The number of aromatic nitrogens is 4. The highest BCUT2D eigenvalue weighted by Gasteiger charge is 2.26. The first-order valence-corrected chi connectivity index (χ1v) is 11.6. The van der Waals surface area contributed by atoms with Gasteiger partial charge in [-0.15, -0.1) is 0 Å². The molecular formula is C26H29BN6O. The lowest BCUT2D eigenvalue weighted by atomic mass is 9.93. The van der Waals surface area contributed by atoms with E-state index in [4.69, 9.17) is 12.8 Å². The van der Waals surface area contributed by atoms with Crippen molar-refractivity contribution in [2.75, 3.05) is 18.4 Å². The van der Waals surface area contributed by atoms with Gasteiger partial charge in [0.05, 0.1) is 5.69 Å². The van der Waals surface area contributed by atoms with Gasteiger partial charge in [0.1, 0.15) is 13.7 Å². The van der Waals surface area contributed by atoms with E-state index in [0.29, 0.717) is 24.2 Å². The molecule has 3 aromatic rings. The van der Waals surface area contributed by atoms with Gasteiger partial charge in [-0.2, -0.15) is 9.61 Å². The number of carbonyl (C=O) groups excluding carboxylic acids is 1. The van der Waals surface area contributed by atoms with Crippen molar-refractivity contribution in [1.29, 1.82) is 0 Å². The monoisotopic (exact) mass is 452 g/mol. The number of fused-ring (bicyclic) bond motifs is 1. The van der Waals surface area contributed by atoms with Crippen molar-refractivity contribution in [3.8, 4) is 0 Å². The maximum absolute atomic E-state index is 12.8. The molecule has 0 spiro atoms. The summed E-state index contributed by atoms with van der Waals surface area (Å²) in [4.78, 5) is 23.7. The van der Waals surface area contributed by atoms with E-state index >= 15 is 0 Å². The first-order valence-electron chi connectivity index (χ1n) is 11.6. The van der Waals surface area contributed by atoms with Crippen LogP contribution in [0.15, 0.2) is 72.7 Å². The molecule has 4 rings (SSSR count). The van der Waals surface area contributed by atoms with Crippen LogP contribution in [0.3, 0.4) is 0 Å². The van der Waals surface area contributed by atoms with Crippen LogP contribution in [0.4, 0.5) is 5.82 Å². The Morgan fingerprint density at radius 1 is 1.32 bits per heavy atom. The summed E-state index contributed by atoms with van der Waals surface area (Å²) in [6, 6.07) is 5.95. The Balaban J connectivity index is 1.53. The minimum Gasteiger partial charge on any atom is -0.366 e. The van der Waals surface area contributed by atoms with Gasteiger partial charge < -0.3 is 10.2 Å². The minimum atomic E-state index is 0.0257. The van der Waals surface area contributed by atoms with Crippen molar-refractivity contribution in [3.05, 3.63) is 84.0 Å². The molecule has 34 heavy (non-hydrogen) atoms. The normalized spacial score (nSPS) is 17.2. The van der Waals surface area contributed by atoms with Crippen LogP contribution < -0.4 is 10.8 Å². The van der Waals surface area contributed by atoms with Gasteiger partial charge in [0, 0.05) is 56.3 Å². The van der Waals surface area contributed by atoms with Crippen molar-refractivity contribution in [2.24, 2.45) is 0 Å². The van der Waals surface area contributed by atoms with Crippen LogP contribution in [0.5, 0.6) is 0 Å². The number of allylic oxidation sites excluding steroid dienone is 5. The average molecular weight is 452 g/mol. The maximum atomic E-state index is 12.8. The summed E-state index contributed by atoms with van der Waals surface area (Å²) in [5.41, 5.74) is 4.17. The van der Waals surface area contributed by atoms with Crippen LogP contribution in [0, 0.1) is 0 Å². The average Bonchev–Trinajstić information content (AvgIpc) is 3.25. The topological polar surface area (TPSA) is 75.4 Å². The van der Waals surface area contributed by atoms with E-state index in [1.165, 1.54) is 0 Å². The summed E-state index contributed by atoms with van der Waals surface area (Å²) in [6.45, 7) is 5.93. The van der Waals surface area contributed by atoms with Crippen molar-refractivity contribution in [3.63, 3.8) is 0 Å². The van der Waals surface area contributed by atoms with Gasteiger partial charge in [0.15, 0.2) is 5.65 Å². The minimum absolute atomic E-state index is 0.0257. The molecular weight excluding hydrogens is 423 g/mol. The standard InChI is InChI=1S/C26H29BN6O/c1-3-4-7-19(2)10-11-25(34)32-13-6-9-21(18-32)23-14-24(29-16-20-8-5-12-28-15-20)33-26(31-23)22(27)17-30-33/h3-5,7-8,10-12,14-15,17,21,29H,6,9,13,16,18H2,1-2H3/b4-3-,11-10+,19-7+. The fourth-order valence-electron chi connectivity index (χ4n) is 4.06. The molecule has 1 atom stereocenters. The van der Waals surface area contributed by atoms with E-state index in [1.807, 2.05) is 67.4 Å². The predicted octanol–water partition coefficient (Wildman–Crippen LogP) is 3.31. The fourth-order valence-corrected chi connectivity index (χ4v) is 4.06. The highest BCUT2D eigenvalue weighted by atomic mass is 16.2. The third-order valence-corrected chi connectivity index (χ3v) is 5.91. The van der Waals surface area contributed by atoms with Crippen molar-refractivity contribution in [2.45, 2.75) is 39.2 Å². The molecule has 8 heteroatoms. The van der Waals surface area contributed by atoms with E-state index in [-0.39, 0.29) is 11.8 Å². The first kappa shape index (κ1) is 23.5. The molecule has 3 aromatic heterocycles. The lowest BCUT2D eigenvalue weighted by molar-refractivity contribution is -0.127. The molecule has 1 fully saturated rings. The molecule has 4 heterocycles. The molecule has 2 radical (unpaired) electrons. The molecule has 1 unspecified atom stereocenters. The molecule has 0 aromatic carbocycles. The Morgan fingerprint density at radius 2 is 2.21 bits per heavy atom. The Morgan fingerprint density at radius 3 is 3.00 bits per heavy atom. The number of amides is 1. The Hall–Kier alpha value is -3.68. The van der Waals surface area contributed by atoms with Gasteiger partial charge in [0.25, 0.3) is 0 Å². The van der Waals surface area contributed by atoms with E-state index < -0.39 is 0 Å². The summed E-state index contributed by atoms with van der Waals surface area (Å²) < 4.78 is 1.73. The smallest absolute Gasteiger partial charge is 0.246 e. The summed E-state index contributed by atoms with van der Waals surface area (Å²) in [7, 11) is 6.16. The third-order valence-electron chi connectivity index (χ3n) is 5.91. The molecule has 0 aliphatic carbocycles. The number of nitrogens with one attached hydrogen (secondary N) is 1. The molecule has 1 aliphatic rings. The molecule has 1 N–H and O–H groups in total. The number of anilines is 1. The first-order chi connectivity index (χ1) is 16.5. The van der Waals surface area contributed by atoms with E-state index in [0.717, 1.165) is 42.0 Å². The molecule has 7 nitrogen and oxygen atoms in total. The number of carbonyl (C=O) groups is 1. The van der Waals surface area contributed by atoms with Crippen LogP contribution in [-0.2, 0) is 11.3 Å². The van der Waals surface area contributed by atoms with Crippen LogP contribution >= 0.6 is 0 Å². The maximum Gasteiger partial charge on any atom is 0.246 e. The number of likely N-dealkylation sites (tertiary alicyclic amines) is 1. The molecule has 1 amide bonds. The zero-order valence-corrected chi connectivity index (χ0v) is 19.7. The number of hydrogen-bond donors (Lipinski definition) is 1. The zero-order chi connectivity index (χ0) is 23.9. The highest BCUT2D eigenvalue weighted by molar-refractivity contribution is 6.36. The van der Waals surface area contributed by atoms with Gasteiger partial charge in [-0.3, -0.25) is 9.78 Å². The summed E-state index contributed by atoms with van der Waals surface area (Å²) in [5.74, 6) is 0.968. The second-order valence-corrected chi connectivity index (χ2v) is 8.51. The molecule has 1 aliphatic heterocycles. The number of nitrogens with zero attached hydrogens (tertiary/aromatic N) is 5. The van der Waals surface area contributed by atoms with Gasteiger partial charge in [-0.1, -0.05) is 35.9 Å². The zero-order valence-electron chi connectivity index (χ0n) is 19.7. The summed E-state index contributed by atoms with van der Waals surface area (Å²) in [6.07, 6.45) is 16.5. The second kappa shape index (κ2) is 11.0. The van der Waals surface area contributed by atoms with Crippen LogP contribution in [-0.4, -0.2) is 51.3 Å². The molecule has 0 bridgehead atoms. The van der Waals surface area contributed by atoms with Gasteiger partial charge in [0.2, 0.25) is 5.91 Å². The van der Waals surface area contributed by atoms with Crippen LogP contribution in [0.1, 0.15) is 43.9 Å². The second-order valence-electron chi connectivity index (χ2n) is 8.51. The summed E-state index contributed by atoms with van der Waals surface area (Å²) >= 11 is 0. The van der Waals surface area contributed by atoms with Gasteiger partial charge in [-0.05, 0) is 43.8 Å². The lowest BCUT2D eigenvalue weighted by Crippen LogP contribution is -2.38. The van der Waals surface area contributed by atoms with E-state index in [1.54, 1.807) is 23.0 Å². The van der Waals surface area contributed by atoms with Crippen LogP contribution in [0.2, 0.25) is 0 Å². The largest absolute Gasteiger partial charge is 0.366 e. The molecule has 172 valence electrons.